The third-order valence-corrected chi connectivity index (χ3v) is 3.61. The maximum Gasteiger partial charge on any atom is 0.434 e. The summed E-state index contributed by atoms with van der Waals surface area (Å²) in [5.41, 5.74) is -0.525. The molecular weight excluding hydrogens is 328 g/mol. The molecule has 0 aliphatic heterocycles. The second-order valence-corrected chi connectivity index (χ2v) is 5.43. The molecule has 0 saturated carbocycles. The van der Waals surface area contributed by atoms with Crippen LogP contribution in [0.2, 0.25) is 0 Å². The number of hydrogen-bond acceptors (Lipinski definition) is 4. The van der Waals surface area contributed by atoms with Crippen molar-refractivity contribution in [3.05, 3.63) is 23.3 Å². The zero-order chi connectivity index (χ0) is 17.0. The lowest BCUT2D eigenvalue weighted by molar-refractivity contribution is -0.140. The van der Waals surface area contributed by atoms with Gasteiger partial charge in [-0.3, -0.25) is 5.32 Å². The summed E-state index contributed by atoms with van der Waals surface area (Å²) in [6.45, 7) is 2.40. The Balaban J connectivity index is 2.24. The first-order valence-corrected chi connectivity index (χ1v) is 7.52. The molecule has 23 heavy (non-hydrogen) atoms. The van der Waals surface area contributed by atoms with Gasteiger partial charge in [-0.25, -0.2) is 14.8 Å². The van der Waals surface area contributed by atoms with Gasteiger partial charge in [0.2, 0.25) is 0 Å². The number of thiazole rings is 1. The molecule has 0 unspecified atom stereocenters. The predicted molar refractivity (Wildman–Crippen MR) is 83.0 cm³/mol. The smallest absolute Gasteiger partial charge is 0.338 e. The van der Waals surface area contributed by atoms with Gasteiger partial charge < -0.3 is 5.32 Å². The predicted octanol–water partition coefficient (Wildman–Crippen LogP) is 2.55. The van der Waals surface area contributed by atoms with E-state index in [0.29, 0.717) is 6.54 Å². The van der Waals surface area contributed by atoms with Gasteiger partial charge in [-0.1, -0.05) is 12.4 Å². The molecular formula is C13H12BF3N4OS. The largest absolute Gasteiger partial charge is 0.434 e. The number of anilines is 1. The number of nitrogens with zero attached hydrogens (tertiary/aromatic N) is 2. The highest BCUT2D eigenvalue weighted by molar-refractivity contribution is 7.13. The lowest BCUT2D eigenvalue weighted by atomic mass is 9.93. The Kier molecular flexibility index (Phi) is 5.25. The maximum absolute atomic E-state index is 12.6. The van der Waals surface area contributed by atoms with Gasteiger partial charge in [-0.15, -0.1) is 11.3 Å². The van der Waals surface area contributed by atoms with Crippen LogP contribution in [0.15, 0.2) is 17.6 Å². The Morgan fingerprint density at radius 3 is 2.78 bits per heavy atom. The van der Waals surface area contributed by atoms with E-state index in [-0.39, 0.29) is 21.9 Å². The van der Waals surface area contributed by atoms with E-state index in [4.69, 9.17) is 7.85 Å². The number of urea groups is 1. The van der Waals surface area contributed by atoms with Gasteiger partial charge in [0.15, 0.2) is 5.69 Å². The summed E-state index contributed by atoms with van der Waals surface area (Å²) in [6.07, 6.45) is -2.48. The highest BCUT2D eigenvalue weighted by atomic mass is 32.1. The van der Waals surface area contributed by atoms with Crippen LogP contribution in [-0.2, 0) is 6.18 Å². The highest BCUT2D eigenvalue weighted by Gasteiger charge is 2.33. The minimum Gasteiger partial charge on any atom is -0.338 e. The number of hydrogen-bond donors (Lipinski definition) is 2. The lowest BCUT2D eigenvalue weighted by Crippen LogP contribution is -2.29. The molecule has 0 atom stereocenters. The molecule has 120 valence electrons. The van der Waals surface area contributed by atoms with Crippen molar-refractivity contribution in [3.8, 4) is 10.6 Å². The molecule has 0 aliphatic rings. The topological polar surface area (TPSA) is 66.9 Å². The fourth-order valence-electron chi connectivity index (χ4n) is 1.65. The zero-order valence-electron chi connectivity index (χ0n) is 12.1. The molecule has 0 spiro atoms. The van der Waals surface area contributed by atoms with Gasteiger partial charge in [0, 0.05) is 23.7 Å². The molecule has 5 nitrogen and oxygen atoms in total. The van der Waals surface area contributed by atoms with E-state index in [1.54, 1.807) is 0 Å². The summed E-state index contributed by atoms with van der Waals surface area (Å²) in [6, 6.07) is 0.935. The molecule has 0 bridgehead atoms. The Bertz CT molecular complexity index is 705. The van der Waals surface area contributed by atoms with Crippen LogP contribution < -0.4 is 16.1 Å². The van der Waals surface area contributed by atoms with Crippen molar-refractivity contribution < 1.29 is 18.0 Å². The zero-order valence-corrected chi connectivity index (χ0v) is 12.9. The van der Waals surface area contributed by atoms with Gasteiger partial charge >= 0.3 is 12.2 Å². The average Bonchev–Trinajstić information content (AvgIpc) is 2.97. The Morgan fingerprint density at radius 2 is 2.17 bits per heavy atom. The summed E-state index contributed by atoms with van der Waals surface area (Å²) in [7, 11) is 5.75. The van der Waals surface area contributed by atoms with Crippen molar-refractivity contribution in [2.75, 3.05) is 11.9 Å². The summed E-state index contributed by atoms with van der Waals surface area (Å²) < 4.78 is 37.9. The van der Waals surface area contributed by atoms with E-state index < -0.39 is 17.9 Å². The van der Waals surface area contributed by atoms with Crippen molar-refractivity contribution in [1.82, 2.24) is 15.3 Å². The standard InChI is InChI=1S/C13H12BF3N4OS/c1-2-3-18-12(22)21-10-4-7(8(14)5-19-10)11-20-9(6-23-11)13(15,16)17/h4-6H,2-3H2,1H3,(H2,18,19,21,22). The van der Waals surface area contributed by atoms with Crippen LogP contribution in [0, 0.1) is 0 Å². The number of nitrogens with one attached hydrogen (secondary N) is 2. The number of halogens is 3. The van der Waals surface area contributed by atoms with Crippen LogP contribution >= 0.6 is 11.3 Å². The molecule has 2 aromatic rings. The fourth-order valence-corrected chi connectivity index (χ4v) is 2.51. The van der Waals surface area contributed by atoms with Gasteiger partial charge in [0.1, 0.15) is 18.7 Å². The molecule has 2 N–H and O–H groups in total. The van der Waals surface area contributed by atoms with Crippen LogP contribution in [-0.4, -0.2) is 30.4 Å². The normalized spacial score (nSPS) is 11.3. The summed E-state index contributed by atoms with van der Waals surface area (Å²) in [5.74, 6) is 0.173. The molecule has 10 heteroatoms. The first-order valence-electron chi connectivity index (χ1n) is 6.64. The van der Waals surface area contributed by atoms with E-state index in [1.165, 1.54) is 12.3 Å². The Labute approximate surface area is 135 Å². The third kappa shape index (κ3) is 4.44. The Morgan fingerprint density at radius 1 is 1.43 bits per heavy atom. The first-order chi connectivity index (χ1) is 10.8. The van der Waals surface area contributed by atoms with Crippen LogP contribution in [0.5, 0.6) is 0 Å². The average molecular weight is 340 g/mol. The van der Waals surface area contributed by atoms with Crippen molar-refractivity contribution in [2.45, 2.75) is 19.5 Å². The van der Waals surface area contributed by atoms with Crippen LogP contribution in [0.3, 0.4) is 0 Å². The number of rotatable bonds is 4. The second kappa shape index (κ2) is 6.99. The number of aromatic nitrogens is 2. The Hall–Kier alpha value is -2.10. The molecule has 2 heterocycles. The molecule has 2 amide bonds. The second-order valence-electron chi connectivity index (χ2n) is 4.57. The highest BCUT2D eigenvalue weighted by Crippen LogP contribution is 2.33. The molecule has 0 fully saturated rings. The van der Waals surface area contributed by atoms with E-state index in [2.05, 4.69) is 20.6 Å². The number of pyridine rings is 1. The van der Waals surface area contributed by atoms with Crippen molar-refractivity contribution in [3.63, 3.8) is 0 Å². The molecule has 0 aliphatic carbocycles. The van der Waals surface area contributed by atoms with Gasteiger partial charge in [0.25, 0.3) is 0 Å². The van der Waals surface area contributed by atoms with Gasteiger partial charge in [-0.05, 0) is 12.5 Å². The fraction of sp³-hybridized carbons (Fsp3) is 0.308. The minimum atomic E-state index is -4.52. The van der Waals surface area contributed by atoms with E-state index in [0.717, 1.165) is 23.1 Å². The molecule has 0 aromatic carbocycles. The number of carbonyl (C=O) groups is 1. The number of carbonyl (C=O) groups excluding carboxylic acids is 1. The maximum atomic E-state index is 12.6. The summed E-state index contributed by atoms with van der Waals surface area (Å²) in [5, 5.41) is 6.10. The quantitative estimate of drug-likeness (QED) is 0.841. The summed E-state index contributed by atoms with van der Waals surface area (Å²) in [4.78, 5) is 19.1. The molecule has 2 aromatic heterocycles. The number of amides is 2. The molecule has 2 radical (unpaired) electrons. The molecule has 2 rings (SSSR count). The summed E-state index contributed by atoms with van der Waals surface area (Å²) >= 11 is 0.818. The van der Waals surface area contributed by atoms with E-state index in [9.17, 15) is 18.0 Å². The monoisotopic (exact) mass is 340 g/mol. The number of alkyl halides is 3. The van der Waals surface area contributed by atoms with Crippen LogP contribution in [0.1, 0.15) is 19.0 Å². The minimum absolute atomic E-state index is 0.106. The van der Waals surface area contributed by atoms with Crippen molar-refractivity contribution >= 4 is 36.5 Å². The van der Waals surface area contributed by atoms with E-state index in [1.807, 2.05) is 6.92 Å². The van der Waals surface area contributed by atoms with Crippen LogP contribution in [0.4, 0.5) is 23.8 Å². The van der Waals surface area contributed by atoms with Gasteiger partial charge in [-0.2, -0.15) is 13.2 Å². The molecule has 0 saturated heterocycles. The SMILES string of the molecule is [B]c1cnc(NC(=O)NCCC)cc1-c1nc(C(F)(F)F)cs1. The van der Waals surface area contributed by atoms with Crippen LogP contribution in [0.25, 0.3) is 10.6 Å². The van der Waals surface area contributed by atoms with Gasteiger partial charge in [0.05, 0.1) is 0 Å². The third-order valence-electron chi connectivity index (χ3n) is 2.74. The van der Waals surface area contributed by atoms with Crippen molar-refractivity contribution in [2.24, 2.45) is 0 Å². The first kappa shape index (κ1) is 17.3. The van der Waals surface area contributed by atoms with Crippen molar-refractivity contribution in [1.29, 1.82) is 0 Å². The lowest BCUT2D eigenvalue weighted by Gasteiger charge is -2.09. The van der Waals surface area contributed by atoms with E-state index >= 15 is 0 Å².